The second kappa shape index (κ2) is 6.74. The van der Waals surface area contributed by atoms with Gasteiger partial charge in [0.15, 0.2) is 5.60 Å². The number of fused-ring (bicyclic) bond motifs is 1. The molecule has 8 heteroatoms. The van der Waals surface area contributed by atoms with Gasteiger partial charge in [-0.1, -0.05) is 20.8 Å². The predicted octanol–water partition coefficient (Wildman–Crippen LogP) is 1.25. The van der Waals surface area contributed by atoms with E-state index in [1.807, 2.05) is 13.8 Å². The van der Waals surface area contributed by atoms with Gasteiger partial charge in [-0.15, -0.1) is 0 Å². The lowest BCUT2D eigenvalue weighted by molar-refractivity contribution is -0.238. The number of ether oxygens (including phenoxy) is 2. The third-order valence-corrected chi connectivity index (χ3v) is 6.12. The van der Waals surface area contributed by atoms with Crippen LogP contribution in [0.5, 0.6) is 0 Å². The Hall–Kier alpha value is -2.22. The fourth-order valence-corrected chi connectivity index (χ4v) is 5.07. The molecule has 0 aromatic heterocycles. The summed E-state index contributed by atoms with van der Waals surface area (Å²) in [4.78, 5) is 47.2. The van der Waals surface area contributed by atoms with Crippen molar-refractivity contribution in [3.8, 4) is 0 Å². The number of carbonyl (C=O) groups is 4. The summed E-state index contributed by atoms with van der Waals surface area (Å²) in [5, 5.41) is 21.2. The SMILES string of the molecule is CC(=O)O[C@@H]1C=C(C=O)[C@](O)(C(=O)O)[C@@]2(C)[C@H](OC(C)=O)CCC(C)(C)[C@H]12. The summed E-state index contributed by atoms with van der Waals surface area (Å²) in [5.41, 5.74) is -5.19. The molecular formula is C19H26O8. The van der Waals surface area contributed by atoms with Gasteiger partial charge in [-0.25, -0.2) is 4.79 Å². The van der Waals surface area contributed by atoms with Gasteiger partial charge in [0.25, 0.3) is 0 Å². The summed E-state index contributed by atoms with van der Waals surface area (Å²) < 4.78 is 10.8. The molecule has 0 aromatic carbocycles. The minimum atomic E-state index is -2.60. The number of rotatable bonds is 4. The van der Waals surface area contributed by atoms with Crippen molar-refractivity contribution in [1.29, 1.82) is 0 Å². The molecule has 0 unspecified atom stereocenters. The molecule has 0 bridgehead atoms. The molecule has 5 atom stereocenters. The van der Waals surface area contributed by atoms with E-state index in [1.54, 1.807) is 0 Å². The predicted molar refractivity (Wildman–Crippen MR) is 92.5 cm³/mol. The Balaban J connectivity index is 2.82. The average Bonchev–Trinajstić information content (AvgIpc) is 2.52. The van der Waals surface area contributed by atoms with Crippen LogP contribution in [0.4, 0.5) is 0 Å². The van der Waals surface area contributed by atoms with Gasteiger partial charge in [0.1, 0.15) is 18.5 Å². The molecule has 0 spiro atoms. The highest BCUT2D eigenvalue weighted by Crippen LogP contribution is 2.62. The van der Waals surface area contributed by atoms with E-state index in [1.165, 1.54) is 26.8 Å². The molecule has 27 heavy (non-hydrogen) atoms. The Kier molecular flexibility index (Phi) is 5.27. The van der Waals surface area contributed by atoms with Gasteiger partial charge in [0.05, 0.1) is 5.41 Å². The Labute approximate surface area is 157 Å². The highest BCUT2D eigenvalue weighted by Gasteiger charge is 2.71. The lowest BCUT2D eigenvalue weighted by Crippen LogP contribution is -2.71. The van der Waals surface area contributed by atoms with Crippen LogP contribution < -0.4 is 0 Å². The number of hydrogen-bond acceptors (Lipinski definition) is 7. The maximum Gasteiger partial charge on any atom is 0.341 e. The van der Waals surface area contributed by atoms with Crippen molar-refractivity contribution >= 4 is 24.2 Å². The number of aliphatic hydroxyl groups is 1. The van der Waals surface area contributed by atoms with E-state index in [0.717, 1.165) is 0 Å². The van der Waals surface area contributed by atoms with Crippen molar-refractivity contribution in [3.05, 3.63) is 11.6 Å². The first kappa shape index (κ1) is 21.1. The van der Waals surface area contributed by atoms with Crippen molar-refractivity contribution in [2.24, 2.45) is 16.7 Å². The molecule has 0 aromatic rings. The summed E-state index contributed by atoms with van der Waals surface area (Å²) in [6.45, 7) is 7.63. The van der Waals surface area contributed by atoms with Crippen molar-refractivity contribution in [2.45, 2.75) is 65.3 Å². The molecule has 0 heterocycles. The van der Waals surface area contributed by atoms with Crippen LogP contribution in [0.1, 0.15) is 47.5 Å². The van der Waals surface area contributed by atoms with Crippen LogP contribution >= 0.6 is 0 Å². The van der Waals surface area contributed by atoms with Crippen LogP contribution in [0.15, 0.2) is 11.6 Å². The van der Waals surface area contributed by atoms with Gasteiger partial charge in [-0.05, 0) is 24.3 Å². The second-order valence-electron chi connectivity index (χ2n) is 8.22. The number of carbonyl (C=O) groups excluding carboxylic acids is 3. The van der Waals surface area contributed by atoms with Crippen LogP contribution in [0.25, 0.3) is 0 Å². The Morgan fingerprint density at radius 2 is 1.70 bits per heavy atom. The molecular weight excluding hydrogens is 356 g/mol. The van der Waals surface area contributed by atoms with Crippen LogP contribution in [-0.4, -0.2) is 52.2 Å². The minimum Gasteiger partial charge on any atom is -0.479 e. The Morgan fingerprint density at radius 3 is 2.15 bits per heavy atom. The number of hydrogen-bond donors (Lipinski definition) is 2. The topological polar surface area (TPSA) is 127 Å². The fourth-order valence-electron chi connectivity index (χ4n) is 5.07. The number of carboxylic acids is 1. The van der Waals surface area contributed by atoms with Gasteiger partial charge < -0.3 is 19.7 Å². The number of esters is 2. The molecule has 2 rings (SSSR count). The molecule has 0 radical (unpaired) electrons. The third kappa shape index (κ3) is 3.05. The van der Waals surface area contributed by atoms with Crippen molar-refractivity contribution < 1.29 is 38.9 Å². The molecule has 8 nitrogen and oxygen atoms in total. The first-order chi connectivity index (χ1) is 12.3. The van der Waals surface area contributed by atoms with Gasteiger partial charge in [0.2, 0.25) is 0 Å². The lowest BCUT2D eigenvalue weighted by atomic mass is 9.45. The van der Waals surface area contributed by atoms with Crippen molar-refractivity contribution in [3.63, 3.8) is 0 Å². The molecule has 1 saturated carbocycles. The molecule has 0 saturated heterocycles. The van der Waals surface area contributed by atoms with E-state index < -0.39 is 58.0 Å². The molecule has 1 fully saturated rings. The smallest absolute Gasteiger partial charge is 0.341 e. The molecule has 2 aliphatic carbocycles. The van der Waals surface area contributed by atoms with Gasteiger partial charge >= 0.3 is 17.9 Å². The van der Waals surface area contributed by atoms with Crippen LogP contribution in [0.2, 0.25) is 0 Å². The zero-order valence-corrected chi connectivity index (χ0v) is 16.1. The van der Waals surface area contributed by atoms with Gasteiger partial charge in [-0.3, -0.25) is 14.4 Å². The Bertz CT molecular complexity index is 708. The van der Waals surface area contributed by atoms with Crippen molar-refractivity contribution in [1.82, 2.24) is 0 Å². The minimum absolute atomic E-state index is 0.249. The van der Waals surface area contributed by atoms with Crippen LogP contribution in [0.3, 0.4) is 0 Å². The number of carboxylic acid groups (broad SMARTS) is 1. The van der Waals surface area contributed by atoms with E-state index in [9.17, 15) is 29.4 Å². The van der Waals surface area contributed by atoms with E-state index in [-0.39, 0.29) is 6.29 Å². The van der Waals surface area contributed by atoms with E-state index >= 15 is 0 Å². The summed E-state index contributed by atoms with van der Waals surface area (Å²) in [6, 6.07) is 0. The van der Waals surface area contributed by atoms with Crippen molar-refractivity contribution in [2.75, 3.05) is 0 Å². The molecule has 0 aliphatic heterocycles. The first-order valence-corrected chi connectivity index (χ1v) is 8.80. The van der Waals surface area contributed by atoms with Crippen LogP contribution in [0, 0.1) is 16.7 Å². The quantitative estimate of drug-likeness (QED) is 0.549. The maximum atomic E-state index is 12.2. The largest absolute Gasteiger partial charge is 0.479 e. The van der Waals surface area contributed by atoms with E-state index in [0.29, 0.717) is 12.8 Å². The first-order valence-electron chi connectivity index (χ1n) is 8.80. The number of aliphatic carboxylic acids is 1. The summed E-state index contributed by atoms with van der Waals surface area (Å²) in [5.74, 6) is -3.56. The summed E-state index contributed by atoms with van der Waals surface area (Å²) in [7, 11) is 0. The third-order valence-electron chi connectivity index (χ3n) is 6.12. The fraction of sp³-hybridized carbons (Fsp3) is 0.684. The standard InChI is InChI=1S/C19H26O8/c1-10(21)26-13-8-12(9-20)19(25,16(23)24)18(5)14(27-11(2)22)6-7-17(3,4)15(13)18/h8-9,13-15,25H,6-7H2,1-5H3,(H,23,24)/t13-,14-,15+,18+,19+/m1/s1. The van der Waals surface area contributed by atoms with Gasteiger partial charge in [0, 0.05) is 25.3 Å². The van der Waals surface area contributed by atoms with Crippen LogP contribution in [-0.2, 0) is 28.7 Å². The molecule has 0 amide bonds. The van der Waals surface area contributed by atoms with Gasteiger partial charge in [-0.2, -0.15) is 0 Å². The monoisotopic (exact) mass is 382 g/mol. The average molecular weight is 382 g/mol. The summed E-state index contributed by atoms with van der Waals surface area (Å²) >= 11 is 0. The second-order valence-corrected chi connectivity index (χ2v) is 8.22. The highest BCUT2D eigenvalue weighted by molar-refractivity contribution is 5.94. The Morgan fingerprint density at radius 1 is 1.15 bits per heavy atom. The molecule has 2 N–H and O–H groups in total. The molecule has 2 aliphatic rings. The maximum absolute atomic E-state index is 12.2. The molecule has 150 valence electrons. The summed E-state index contributed by atoms with van der Waals surface area (Å²) in [6.07, 6.45) is 0.374. The normalized spacial score (nSPS) is 37.4. The zero-order valence-electron chi connectivity index (χ0n) is 16.1. The van der Waals surface area contributed by atoms with E-state index in [2.05, 4.69) is 0 Å². The highest BCUT2D eigenvalue weighted by atomic mass is 16.6. The number of aldehydes is 1. The zero-order chi connectivity index (χ0) is 20.8. The van der Waals surface area contributed by atoms with E-state index in [4.69, 9.17) is 9.47 Å². The lowest BCUT2D eigenvalue weighted by Gasteiger charge is -2.61.